The molecule has 1 heterocycles. The van der Waals surface area contributed by atoms with Gasteiger partial charge in [-0.2, -0.15) is 0 Å². The fourth-order valence-corrected chi connectivity index (χ4v) is 3.14. The molecule has 5 nitrogen and oxygen atoms in total. The van der Waals surface area contributed by atoms with Crippen LogP contribution >= 0.6 is 23.2 Å². The Morgan fingerprint density at radius 2 is 1.95 bits per heavy atom. The summed E-state index contributed by atoms with van der Waals surface area (Å²) in [6, 6.07) is 7.97. The number of halogens is 2. The largest absolute Gasteiger partial charge is 0.497 e. The number of aromatic nitrogens is 1. The van der Waals surface area contributed by atoms with E-state index in [0.29, 0.717) is 11.4 Å². The second-order valence-electron chi connectivity index (χ2n) is 4.12. The SMILES string of the molecule is COc1cccc(N(C)S(=O)(=O)c2cnc(Cl)c(Cl)c2)c1. The van der Waals surface area contributed by atoms with Crippen molar-refractivity contribution in [2.24, 2.45) is 0 Å². The van der Waals surface area contributed by atoms with Gasteiger partial charge in [-0.3, -0.25) is 4.31 Å². The number of anilines is 1. The molecule has 0 aliphatic heterocycles. The van der Waals surface area contributed by atoms with Crippen LogP contribution in [0.5, 0.6) is 5.75 Å². The van der Waals surface area contributed by atoms with E-state index in [9.17, 15) is 8.42 Å². The topological polar surface area (TPSA) is 59.5 Å². The zero-order chi connectivity index (χ0) is 15.6. The molecule has 0 amide bonds. The maximum Gasteiger partial charge on any atom is 0.265 e. The maximum atomic E-state index is 12.5. The molecular formula is C13H12Cl2N2O3S. The average molecular weight is 347 g/mol. The number of hydrogen-bond donors (Lipinski definition) is 0. The molecule has 0 bridgehead atoms. The summed E-state index contributed by atoms with van der Waals surface area (Å²) >= 11 is 11.5. The van der Waals surface area contributed by atoms with Crippen LogP contribution in [0.3, 0.4) is 0 Å². The Morgan fingerprint density at radius 3 is 2.57 bits per heavy atom. The third kappa shape index (κ3) is 3.23. The van der Waals surface area contributed by atoms with E-state index >= 15 is 0 Å². The molecule has 1 aromatic carbocycles. The Bertz CT molecular complexity index is 766. The van der Waals surface area contributed by atoms with E-state index in [-0.39, 0.29) is 15.1 Å². The van der Waals surface area contributed by atoms with Gasteiger partial charge in [-0.15, -0.1) is 0 Å². The minimum atomic E-state index is -3.78. The van der Waals surface area contributed by atoms with Gasteiger partial charge in [0.25, 0.3) is 10.0 Å². The van der Waals surface area contributed by atoms with Gasteiger partial charge in [-0.05, 0) is 18.2 Å². The Hall–Kier alpha value is -1.50. The predicted molar refractivity (Wildman–Crippen MR) is 82.8 cm³/mol. The zero-order valence-electron chi connectivity index (χ0n) is 11.2. The highest BCUT2D eigenvalue weighted by Gasteiger charge is 2.23. The molecule has 0 N–H and O–H groups in total. The quantitative estimate of drug-likeness (QED) is 0.797. The first kappa shape index (κ1) is 15.9. The van der Waals surface area contributed by atoms with Crippen LogP contribution in [-0.2, 0) is 10.0 Å². The molecule has 0 saturated carbocycles. The number of rotatable bonds is 4. The van der Waals surface area contributed by atoms with Crippen LogP contribution < -0.4 is 9.04 Å². The van der Waals surface area contributed by atoms with Crippen molar-refractivity contribution in [3.05, 3.63) is 46.7 Å². The Labute approximate surface area is 133 Å². The number of nitrogens with zero attached hydrogens (tertiary/aromatic N) is 2. The fourth-order valence-electron chi connectivity index (χ4n) is 1.65. The first-order chi connectivity index (χ1) is 9.86. The van der Waals surface area contributed by atoms with Gasteiger partial charge in [0.05, 0.1) is 17.8 Å². The zero-order valence-corrected chi connectivity index (χ0v) is 13.6. The second kappa shape index (κ2) is 6.09. The molecule has 0 radical (unpaired) electrons. The summed E-state index contributed by atoms with van der Waals surface area (Å²) in [4.78, 5) is 3.72. The van der Waals surface area contributed by atoms with Crippen LogP contribution in [0.2, 0.25) is 10.2 Å². The van der Waals surface area contributed by atoms with Gasteiger partial charge >= 0.3 is 0 Å². The maximum absolute atomic E-state index is 12.5. The van der Waals surface area contributed by atoms with Gasteiger partial charge in [0.1, 0.15) is 15.8 Å². The molecule has 0 atom stereocenters. The van der Waals surface area contributed by atoms with E-state index in [0.717, 1.165) is 4.31 Å². The summed E-state index contributed by atoms with van der Waals surface area (Å²) in [5, 5.41) is 0.136. The molecule has 8 heteroatoms. The van der Waals surface area contributed by atoms with E-state index in [1.54, 1.807) is 24.3 Å². The highest BCUT2D eigenvalue weighted by atomic mass is 35.5. The van der Waals surface area contributed by atoms with Crippen LogP contribution in [0.25, 0.3) is 0 Å². The summed E-state index contributed by atoms with van der Waals surface area (Å²) in [5.74, 6) is 0.557. The van der Waals surface area contributed by atoms with Gasteiger partial charge in [0.15, 0.2) is 0 Å². The van der Waals surface area contributed by atoms with Crippen molar-refractivity contribution in [1.82, 2.24) is 4.98 Å². The van der Waals surface area contributed by atoms with Gasteiger partial charge in [0.2, 0.25) is 0 Å². The number of hydrogen-bond acceptors (Lipinski definition) is 4. The van der Waals surface area contributed by atoms with E-state index in [2.05, 4.69) is 4.98 Å². The molecule has 112 valence electrons. The number of methoxy groups -OCH3 is 1. The Morgan fingerprint density at radius 1 is 1.24 bits per heavy atom. The Kier molecular flexibility index (Phi) is 4.61. The molecule has 0 saturated heterocycles. The smallest absolute Gasteiger partial charge is 0.265 e. The molecule has 0 aliphatic rings. The van der Waals surface area contributed by atoms with Crippen LogP contribution in [-0.4, -0.2) is 27.6 Å². The molecule has 21 heavy (non-hydrogen) atoms. The van der Waals surface area contributed by atoms with Crippen molar-refractivity contribution in [3.8, 4) is 5.75 Å². The van der Waals surface area contributed by atoms with Crippen molar-refractivity contribution in [3.63, 3.8) is 0 Å². The van der Waals surface area contributed by atoms with Crippen LogP contribution in [0.15, 0.2) is 41.4 Å². The fraction of sp³-hybridized carbons (Fsp3) is 0.154. The van der Waals surface area contributed by atoms with Crippen LogP contribution in [0.1, 0.15) is 0 Å². The van der Waals surface area contributed by atoms with Crippen molar-refractivity contribution in [1.29, 1.82) is 0 Å². The normalized spacial score (nSPS) is 11.2. The van der Waals surface area contributed by atoms with E-state index < -0.39 is 10.0 Å². The molecule has 0 fully saturated rings. The average Bonchev–Trinajstić information content (AvgIpc) is 2.49. The van der Waals surface area contributed by atoms with Crippen molar-refractivity contribution < 1.29 is 13.2 Å². The molecule has 2 rings (SSSR count). The molecule has 0 spiro atoms. The number of pyridine rings is 1. The minimum Gasteiger partial charge on any atom is -0.497 e. The third-order valence-corrected chi connectivity index (χ3v) is 5.28. The second-order valence-corrected chi connectivity index (χ2v) is 6.85. The standard InChI is InChI=1S/C13H12Cl2N2O3S/c1-17(9-4-3-5-10(6-9)20-2)21(18,19)11-7-12(14)13(15)16-8-11/h3-8H,1-2H3. The summed E-state index contributed by atoms with van der Waals surface area (Å²) < 4.78 is 31.3. The number of sulfonamides is 1. The number of ether oxygens (including phenoxy) is 1. The predicted octanol–water partition coefficient (Wildman–Crippen LogP) is 3.22. The van der Waals surface area contributed by atoms with Gasteiger partial charge in [-0.25, -0.2) is 13.4 Å². The molecule has 0 unspecified atom stereocenters. The van der Waals surface area contributed by atoms with Gasteiger partial charge in [-0.1, -0.05) is 29.3 Å². The van der Waals surface area contributed by atoms with Crippen LogP contribution in [0, 0.1) is 0 Å². The summed E-state index contributed by atoms with van der Waals surface area (Å²) in [6.07, 6.45) is 1.17. The highest BCUT2D eigenvalue weighted by Crippen LogP contribution is 2.28. The first-order valence-electron chi connectivity index (χ1n) is 5.80. The summed E-state index contributed by atoms with van der Waals surface area (Å²) in [6.45, 7) is 0. The van der Waals surface area contributed by atoms with Crippen molar-refractivity contribution in [2.75, 3.05) is 18.5 Å². The lowest BCUT2D eigenvalue weighted by atomic mass is 10.3. The summed E-state index contributed by atoms with van der Waals surface area (Å²) in [7, 11) is -0.837. The van der Waals surface area contributed by atoms with Crippen LogP contribution in [0.4, 0.5) is 5.69 Å². The van der Waals surface area contributed by atoms with Crippen molar-refractivity contribution in [2.45, 2.75) is 4.90 Å². The molecule has 1 aromatic heterocycles. The molecular weight excluding hydrogens is 335 g/mol. The Balaban J connectivity index is 2.44. The minimum absolute atomic E-state index is 0.0396. The van der Waals surface area contributed by atoms with E-state index in [4.69, 9.17) is 27.9 Å². The molecule has 2 aromatic rings. The first-order valence-corrected chi connectivity index (χ1v) is 8.00. The monoisotopic (exact) mass is 346 g/mol. The lowest BCUT2D eigenvalue weighted by Crippen LogP contribution is -2.26. The molecule has 0 aliphatic carbocycles. The van der Waals surface area contributed by atoms with Gasteiger partial charge < -0.3 is 4.74 Å². The van der Waals surface area contributed by atoms with Crippen molar-refractivity contribution >= 4 is 38.9 Å². The lowest BCUT2D eigenvalue weighted by molar-refractivity contribution is 0.415. The highest BCUT2D eigenvalue weighted by molar-refractivity contribution is 7.92. The van der Waals surface area contributed by atoms with E-state index in [1.165, 1.54) is 26.4 Å². The third-order valence-electron chi connectivity index (χ3n) is 2.85. The number of benzene rings is 1. The van der Waals surface area contributed by atoms with Gasteiger partial charge in [0, 0.05) is 19.3 Å². The lowest BCUT2D eigenvalue weighted by Gasteiger charge is -2.20. The summed E-state index contributed by atoms with van der Waals surface area (Å²) in [5.41, 5.74) is 0.459. The van der Waals surface area contributed by atoms with E-state index in [1.807, 2.05) is 0 Å².